The Hall–Kier alpha value is -2.83. The number of carbonyl (C=O) groups is 2. The third-order valence-electron chi connectivity index (χ3n) is 4.82. The molecule has 3 rings (SSSR count). The first-order valence-electron chi connectivity index (χ1n) is 9.42. The van der Waals surface area contributed by atoms with Crippen molar-refractivity contribution in [3.63, 3.8) is 0 Å². The molecular formula is C20H27N5O2. The highest BCUT2D eigenvalue weighted by atomic mass is 16.2. The minimum absolute atomic E-state index is 0.110. The van der Waals surface area contributed by atoms with E-state index in [-0.39, 0.29) is 17.7 Å². The number of amides is 2. The van der Waals surface area contributed by atoms with Crippen LogP contribution in [0.15, 0.2) is 30.3 Å². The second kappa shape index (κ2) is 8.24. The minimum Gasteiger partial charge on any atom is -0.371 e. The number of H-pyrrole nitrogens is 1. The van der Waals surface area contributed by atoms with Gasteiger partial charge in [-0.3, -0.25) is 14.7 Å². The molecule has 1 fully saturated rings. The van der Waals surface area contributed by atoms with Crippen LogP contribution in [0.4, 0.5) is 11.5 Å². The molecule has 1 aliphatic heterocycles. The molecule has 1 aromatic carbocycles. The number of rotatable bonds is 6. The van der Waals surface area contributed by atoms with Crippen molar-refractivity contribution in [2.45, 2.75) is 33.1 Å². The van der Waals surface area contributed by atoms with Crippen molar-refractivity contribution < 1.29 is 9.59 Å². The number of hydrogen-bond acceptors (Lipinski definition) is 4. The number of nitrogens with zero attached hydrogens (tertiary/aromatic N) is 2. The molecule has 0 spiro atoms. The van der Waals surface area contributed by atoms with Gasteiger partial charge in [-0.15, -0.1) is 0 Å². The molecule has 2 heterocycles. The molecule has 1 aliphatic rings. The molecular weight excluding hydrogens is 342 g/mol. The fraction of sp³-hybridized carbons (Fsp3) is 0.450. The Balaban J connectivity index is 1.62. The van der Waals surface area contributed by atoms with Crippen molar-refractivity contribution in [3.05, 3.63) is 41.6 Å². The van der Waals surface area contributed by atoms with E-state index in [0.717, 1.165) is 37.2 Å². The zero-order valence-electron chi connectivity index (χ0n) is 15.9. The standard InChI is InChI=1S/C20H27N5O2/c1-13(2)10-16-11-18(24-23-16)22-20(27)14-5-7-17(8-6-14)25-9-3-4-15(12-25)19(21)26/h5-8,11,13,15H,3-4,9-10,12H2,1-2H3,(H2,21,26)(H2,22,23,24,27). The van der Waals surface area contributed by atoms with Gasteiger partial charge >= 0.3 is 0 Å². The average Bonchev–Trinajstić information content (AvgIpc) is 3.08. The van der Waals surface area contributed by atoms with Gasteiger partial charge in [-0.1, -0.05) is 13.8 Å². The molecule has 1 aromatic heterocycles. The first kappa shape index (κ1) is 18.9. The summed E-state index contributed by atoms with van der Waals surface area (Å²) in [5, 5.41) is 9.91. The van der Waals surface area contributed by atoms with Gasteiger partial charge in [0.15, 0.2) is 5.82 Å². The maximum Gasteiger partial charge on any atom is 0.256 e. The summed E-state index contributed by atoms with van der Waals surface area (Å²) in [7, 11) is 0. The summed E-state index contributed by atoms with van der Waals surface area (Å²) in [5.74, 6) is 0.497. The summed E-state index contributed by atoms with van der Waals surface area (Å²) in [6.07, 6.45) is 2.67. The van der Waals surface area contributed by atoms with Crippen LogP contribution in [0.3, 0.4) is 0 Å². The lowest BCUT2D eigenvalue weighted by Gasteiger charge is -2.33. The van der Waals surface area contributed by atoms with E-state index in [2.05, 4.69) is 34.3 Å². The van der Waals surface area contributed by atoms with Crippen LogP contribution in [0, 0.1) is 11.8 Å². The smallest absolute Gasteiger partial charge is 0.256 e. The fourth-order valence-electron chi connectivity index (χ4n) is 3.43. The first-order chi connectivity index (χ1) is 12.9. The normalized spacial score (nSPS) is 17.1. The number of carbonyl (C=O) groups excluding carboxylic acids is 2. The van der Waals surface area contributed by atoms with E-state index in [9.17, 15) is 9.59 Å². The molecule has 0 radical (unpaired) electrons. The number of primary amides is 1. The van der Waals surface area contributed by atoms with Crippen LogP contribution in [0.25, 0.3) is 0 Å². The van der Waals surface area contributed by atoms with Crippen LogP contribution in [0.1, 0.15) is 42.7 Å². The predicted molar refractivity (Wildman–Crippen MR) is 106 cm³/mol. The monoisotopic (exact) mass is 369 g/mol. The third-order valence-corrected chi connectivity index (χ3v) is 4.82. The fourth-order valence-corrected chi connectivity index (χ4v) is 3.43. The van der Waals surface area contributed by atoms with E-state index in [1.54, 1.807) is 12.1 Å². The Kier molecular flexibility index (Phi) is 5.78. The van der Waals surface area contributed by atoms with Crippen LogP contribution >= 0.6 is 0 Å². The van der Waals surface area contributed by atoms with E-state index >= 15 is 0 Å². The van der Waals surface area contributed by atoms with Crippen LogP contribution in [-0.4, -0.2) is 35.1 Å². The first-order valence-corrected chi connectivity index (χ1v) is 9.42. The molecule has 1 saturated heterocycles. The van der Waals surface area contributed by atoms with Crippen LogP contribution in [0.5, 0.6) is 0 Å². The Morgan fingerprint density at radius 3 is 2.74 bits per heavy atom. The largest absolute Gasteiger partial charge is 0.371 e. The lowest BCUT2D eigenvalue weighted by molar-refractivity contribution is -0.122. The number of aromatic amines is 1. The minimum atomic E-state index is -0.244. The summed E-state index contributed by atoms with van der Waals surface area (Å²) in [6.45, 7) is 5.79. The van der Waals surface area contributed by atoms with Gasteiger partial charge < -0.3 is 16.0 Å². The second-order valence-electron chi connectivity index (χ2n) is 7.56. The van der Waals surface area contributed by atoms with Crippen molar-refractivity contribution >= 4 is 23.3 Å². The maximum absolute atomic E-state index is 12.4. The van der Waals surface area contributed by atoms with Crippen LogP contribution in [0.2, 0.25) is 0 Å². The number of nitrogens with one attached hydrogen (secondary N) is 2. The van der Waals surface area contributed by atoms with E-state index in [4.69, 9.17) is 5.73 Å². The molecule has 144 valence electrons. The van der Waals surface area contributed by atoms with Gasteiger partial charge in [0, 0.05) is 36.1 Å². The van der Waals surface area contributed by atoms with Crippen molar-refractivity contribution in [2.24, 2.45) is 17.6 Å². The molecule has 2 aromatic rings. The molecule has 2 amide bonds. The van der Waals surface area contributed by atoms with E-state index in [0.29, 0.717) is 23.8 Å². The quantitative estimate of drug-likeness (QED) is 0.728. The molecule has 27 heavy (non-hydrogen) atoms. The number of anilines is 2. The van der Waals surface area contributed by atoms with Crippen LogP contribution in [-0.2, 0) is 11.2 Å². The number of benzene rings is 1. The van der Waals surface area contributed by atoms with Gasteiger partial charge in [-0.25, -0.2) is 0 Å². The highest BCUT2D eigenvalue weighted by Crippen LogP contribution is 2.23. The number of piperidine rings is 1. The summed E-state index contributed by atoms with van der Waals surface area (Å²) < 4.78 is 0. The van der Waals surface area contributed by atoms with E-state index < -0.39 is 0 Å². The van der Waals surface area contributed by atoms with Gasteiger partial charge in [-0.05, 0) is 49.4 Å². The van der Waals surface area contributed by atoms with Crippen molar-refractivity contribution in [2.75, 3.05) is 23.3 Å². The number of hydrogen-bond donors (Lipinski definition) is 3. The molecule has 1 atom stereocenters. The average molecular weight is 369 g/mol. The topological polar surface area (TPSA) is 104 Å². The summed E-state index contributed by atoms with van der Waals surface area (Å²) in [5.41, 5.74) is 8.01. The molecule has 4 N–H and O–H groups in total. The Labute approximate surface area is 159 Å². The lowest BCUT2D eigenvalue weighted by Crippen LogP contribution is -2.41. The maximum atomic E-state index is 12.4. The highest BCUT2D eigenvalue weighted by molar-refractivity contribution is 6.03. The van der Waals surface area contributed by atoms with Gasteiger partial charge in [0.25, 0.3) is 5.91 Å². The zero-order valence-corrected chi connectivity index (χ0v) is 15.9. The summed E-state index contributed by atoms with van der Waals surface area (Å²) >= 11 is 0. The van der Waals surface area contributed by atoms with Crippen molar-refractivity contribution in [1.29, 1.82) is 0 Å². The molecule has 1 unspecified atom stereocenters. The highest BCUT2D eigenvalue weighted by Gasteiger charge is 2.24. The second-order valence-corrected chi connectivity index (χ2v) is 7.56. The molecule has 7 nitrogen and oxygen atoms in total. The Morgan fingerprint density at radius 2 is 2.07 bits per heavy atom. The zero-order chi connectivity index (χ0) is 19.4. The van der Waals surface area contributed by atoms with Crippen molar-refractivity contribution in [1.82, 2.24) is 10.2 Å². The van der Waals surface area contributed by atoms with E-state index in [1.807, 2.05) is 18.2 Å². The summed E-state index contributed by atoms with van der Waals surface area (Å²) in [6, 6.07) is 9.27. The lowest BCUT2D eigenvalue weighted by atomic mass is 9.97. The van der Waals surface area contributed by atoms with Crippen LogP contribution < -0.4 is 16.0 Å². The molecule has 0 aliphatic carbocycles. The molecule has 0 saturated carbocycles. The molecule has 7 heteroatoms. The van der Waals surface area contributed by atoms with Gasteiger partial charge in [0.1, 0.15) is 0 Å². The predicted octanol–water partition coefficient (Wildman–Crippen LogP) is 2.56. The van der Waals surface area contributed by atoms with Gasteiger partial charge in [-0.2, -0.15) is 5.10 Å². The Morgan fingerprint density at radius 1 is 1.33 bits per heavy atom. The van der Waals surface area contributed by atoms with Gasteiger partial charge in [0.05, 0.1) is 5.92 Å². The third kappa shape index (κ3) is 4.87. The summed E-state index contributed by atoms with van der Waals surface area (Å²) in [4.78, 5) is 26.0. The number of nitrogens with two attached hydrogens (primary N) is 1. The Bertz CT molecular complexity index is 797. The van der Waals surface area contributed by atoms with Crippen molar-refractivity contribution in [3.8, 4) is 0 Å². The SMILES string of the molecule is CC(C)Cc1cc(NC(=O)c2ccc(N3CCCC(C(N)=O)C3)cc2)n[nH]1. The van der Waals surface area contributed by atoms with Gasteiger partial charge in [0.2, 0.25) is 5.91 Å². The number of aromatic nitrogens is 2. The van der Waals surface area contributed by atoms with E-state index in [1.165, 1.54) is 0 Å². The molecule has 0 bridgehead atoms.